The first-order valence-electron chi connectivity index (χ1n) is 17.4. The van der Waals surface area contributed by atoms with E-state index in [0.717, 1.165) is 18.4 Å². The first-order valence-corrected chi connectivity index (χ1v) is 18.9. The number of carbonyl (C=O) groups excluding carboxylic acids is 1. The van der Waals surface area contributed by atoms with Gasteiger partial charge in [0.05, 0.1) is 34.3 Å². The van der Waals surface area contributed by atoms with E-state index in [1.54, 1.807) is 4.90 Å². The van der Waals surface area contributed by atoms with E-state index in [-0.39, 0.29) is 25.7 Å². The fourth-order valence-electron chi connectivity index (χ4n) is 5.09. The zero-order chi connectivity index (χ0) is 32.5. The van der Waals surface area contributed by atoms with Crippen molar-refractivity contribution in [1.82, 2.24) is 4.90 Å². The van der Waals surface area contributed by atoms with Crippen LogP contribution in [0.4, 0.5) is 0 Å². The number of hydrogen-bond acceptors (Lipinski definition) is 5. The molecule has 0 radical (unpaired) electrons. The SMILES string of the molecule is CCCCCCCCCCCCCCCCCCOCC(CN(Cc1ccccc1)C(C)=O)OP(=O)(O)OCC[N+](C)(C)C. The van der Waals surface area contributed by atoms with Gasteiger partial charge in [0.1, 0.15) is 19.3 Å². The molecule has 2 atom stereocenters. The second-order valence-corrected chi connectivity index (χ2v) is 14.7. The number of nitrogens with zero attached hydrogens (tertiary/aromatic N) is 2. The third kappa shape index (κ3) is 24.0. The van der Waals surface area contributed by atoms with Crippen LogP contribution in [0.2, 0.25) is 0 Å². The Morgan fingerprint density at radius 3 is 1.80 bits per heavy atom. The zero-order valence-corrected chi connectivity index (χ0v) is 29.7. The average molecular weight is 642 g/mol. The highest BCUT2D eigenvalue weighted by Gasteiger charge is 2.29. The molecule has 44 heavy (non-hydrogen) atoms. The highest BCUT2D eigenvalue weighted by atomic mass is 31.2. The van der Waals surface area contributed by atoms with Gasteiger partial charge < -0.3 is 19.0 Å². The van der Waals surface area contributed by atoms with E-state index in [9.17, 15) is 14.3 Å². The van der Waals surface area contributed by atoms with Crippen molar-refractivity contribution in [3.05, 3.63) is 35.9 Å². The van der Waals surface area contributed by atoms with Gasteiger partial charge in [0.25, 0.3) is 0 Å². The molecule has 0 heterocycles. The van der Waals surface area contributed by atoms with Crippen LogP contribution < -0.4 is 0 Å². The minimum absolute atomic E-state index is 0.0878. The number of benzene rings is 1. The van der Waals surface area contributed by atoms with Crippen molar-refractivity contribution in [1.29, 1.82) is 0 Å². The Balaban J connectivity index is 2.34. The van der Waals surface area contributed by atoms with Crippen molar-refractivity contribution in [2.24, 2.45) is 0 Å². The topological polar surface area (TPSA) is 85.3 Å². The predicted molar refractivity (Wildman–Crippen MR) is 181 cm³/mol. The highest BCUT2D eigenvalue weighted by Crippen LogP contribution is 2.44. The zero-order valence-electron chi connectivity index (χ0n) is 28.9. The molecule has 1 amide bonds. The molecule has 1 aromatic carbocycles. The van der Waals surface area contributed by atoms with E-state index < -0.39 is 13.9 Å². The van der Waals surface area contributed by atoms with E-state index in [1.165, 1.54) is 96.8 Å². The van der Waals surface area contributed by atoms with E-state index in [1.807, 2.05) is 51.5 Å². The van der Waals surface area contributed by atoms with Gasteiger partial charge in [-0.3, -0.25) is 13.8 Å². The summed E-state index contributed by atoms with van der Waals surface area (Å²) in [5.74, 6) is -0.140. The summed E-state index contributed by atoms with van der Waals surface area (Å²) in [6.45, 7) is 5.59. The van der Waals surface area contributed by atoms with Crippen molar-refractivity contribution >= 4 is 13.7 Å². The summed E-state index contributed by atoms with van der Waals surface area (Å²) >= 11 is 0. The van der Waals surface area contributed by atoms with Crippen LogP contribution in [0.15, 0.2) is 30.3 Å². The number of likely N-dealkylation sites (N-methyl/N-ethyl adjacent to an activating group) is 1. The fraction of sp³-hybridized carbons (Fsp3) is 0.800. The van der Waals surface area contributed by atoms with Gasteiger partial charge in [-0.25, -0.2) is 4.57 Å². The maximum absolute atomic E-state index is 12.8. The lowest BCUT2D eigenvalue weighted by Crippen LogP contribution is -2.39. The van der Waals surface area contributed by atoms with E-state index in [2.05, 4.69) is 6.92 Å². The number of carbonyl (C=O) groups is 1. The number of phosphoric ester groups is 1. The quantitative estimate of drug-likeness (QED) is 0.0536. The highest BCUT2D eigenvalue weighted by molar-refractivity contribution is 7.47. The molecule has 0 aliphatic rings. The number of quaternary nitrogens is 1. The molecule has 8 nitrogen and oxygen atoms in total. The van der Waals surface area contributed by atoms with E-state index in [4.69, 9.17) is 13.8 Å². The van der Waals surface area contributed by atoms with Crippen LogP contribution in [0.3, 0.4) is 0 Å². The number of unbranched alkanes of at least 4 members (excludes halogenated alkanes) is 15. The molecule has 0 saturated heterocycles. The molecule has 2 unspecified atom stereocenters. The normalized spacial score (nSPS) is 14.0. The van der Waals surface area contributed by atoms with Crippen LogP contribution >= 0.6 is 7.82 Å². The lowest BCUT2D eigenvalue weighted by molar-refractivity contribution is -0.870. The van der Waals surface area contributed by atoms with Crippen molar-refractivity contribution in [3.63, 3.8) is 0 Å². The Labute approximate surface area is 270 Å². The largest absolute Gasteiger partial charge is 0.472 e. The van der Waals surface area contributed by atoms with Gasteiger partial charge in [-0.1, -0.05) is 134 Å². The molecular formula is C35H66N2O6P+. The molecule has 0 bridgehead atoms. The molecule has 0 aliphatic carbocycles. The maximum Gasteiger partial charge on any atom is 0.472 e. The van der Waals surface area contributed by atoms with Crippen molar-refractivity contribution in [3.8, 4) is 0 Å². The van der Waals surface area contributed by atoms with Crippen molar-refractivity contribution in [2.75, 3.05) is 54.1 Å². The van der Waals surface area contributed by atoms with Crippen LogP contribution in [-0.2, 0) is 29.7 Å². The molecule has 0 aliphatic heterocycles. The Hall–Kier alpha value is -1.28. The Morgan fingerprint density at radius 1 is 0.818 bits per heavy atom. The molecule has 1 N–H and O–H groups in total. The summed E-state index contributed by atoms with van der Waals surface area (Å²) in [7, 11) is 1.62. The first-order chi connectivity index (χ1) is 21.0. The number of phosphoric acid groups is 1. The summed E-state index contributed by atoms with van der Waals surface area (Å²) in [6.07, 6.45) is 20.2. The van der Waals surface area contributed by atoms with Crippen LogP contribution in [0, 0.1) is 0 Å². The second-order valence-electron chi connectivity index (χ2n) is 13.3. The minimum Gasteiger partial charge on any atom is -0.379 e. The third-order valence-corrected chi connectivity index (χ3v) is 8.90. The summed E-state index contributed by atoms with van der Waals surface area (Å²) in [5.41, 5.74) is 0.974. The molecule has 256 valence electrons. The monoisotopic (exact) mass is 641 g/mol. The van der Waals surface area contributed by atoms with Gasteiger partial charge in [-0.2, -0.15) is 0 Å². The third-order valence-electron chi connectivity index (χ3n) is 7.83. The molecule has 0 aromatic heterocycles. The fourth-order valence-corrected chi connectivity index (χ4v) is 5.96. The maximum atomic E-state index is 12.8. The predicted octanol–water partition coefficient (Wildman–Crippen LogP) is 8.52. The van der Waals surface area contributed by atoms with Gasteiger partial charge in [0.2, 0.25) is 5.91 Å². The number of ether oxygens (including phenoxy) is 1. The van der Waals surface area contributed by atoms with Crippen LogP contribution in [-0.4, -0.2) is 80.3 Å². The Kier molecular flexibility index (Phi) is 23.0. The van der Waals surface area contributed by atoms with Crippen molar-refractivity contribution in [2.45, 2.75) is 129 Å². The van der Waals surface area contributed by atoms with Gasteiger partial charge >= 0.3 is 7.82 Å². The first kappa shape index (κ1) is 40.7. The van der Waals surface area contributed by atoms with Crippen LogP contribution in [0.25, 0.3) is 0 Å². The Bertz CT molecular complexity index is 880. The lowest BCUT2D eigenvalue weighted by Gasteiger charge is -2.28. The second kappa shape index (κ2) is 24.9. The molecule has 0 spiro atoms. The van der Waals surface area contributed by atoms with Gasteiger partial charge in [-0.15, -0.1) is 0 Å². The number of hydrogen-bond donors (Lipinski definition) is 1. The lowest BCUT2D eigenvalue weighted by atomic mass is 10.0. The Morgan fingerprint density at radius 2 is 1.32 bits per heavy atom. The summed E-state index contributed by atoms with van der Waals surface area (Å²) in [4.78, 5) is 24.5. The van der Waals surface area contributed by atoms with Crippen LogP contribution in [0.1, 0.15) is 122 Å². The molecule has 1 aromatic rings. The van der Waals surface area contributed by atoms with Gasteiger partial charge in [0.15, 0.2) is 0 Å². The van der Waals surface area contributed by atoms with Gasteiger partial charge in [-0.05, 0) is 12.0 Å². The van der Waals surface area contributed by atoms with E-state index >= 15 is 0 Å². The van der Waals surface area contributed by atoms with Crippen LogP contribution in [0.5, 0.6) is 0 Å². The average Bonchev–Trinajstić information content (AvgIpc) is 2.95. The number of amides is 1. The molecule has 0 saturated carbocycles. The summed E-state index contributed by atoms with van der Waals surface area (Å²) in [6, 6.07) is 9.67. The van der Waals surface area contributed by atoms with Gasteiger partial charge in [0, 0.05) is 20.1 Å². The summed E-state index contributed by atoms with van der Waals surface area (Å²) in [5, 5.41) is 0. The number of rotatable bonds is 29. The molecule has 1 rings (SSSR count). The summed E-state index contributed by atoms with van der Waals surface area (Å²) < 4.78 is 30.1. The molecule has 9 heteroatoms. The van der Waals surface area contributed by atoms with E-state index in [0.29, 0.717) is 24.2 Å². The van der Waals surface area contributed by atoms with Crippen molar-refractivity contribution < 1.29 is 32.5 Å². The molecule has 0 fully saturated rings. The minimum atomic E-state index is -4.33. The standard InChI is InChI=1S/C35H65N2O6P/c1-6-7-8-9-10-11-12-13-14-15-16-17-18-19-20-24-28-41-32-35(43-44(39,40)42-29-27-37(3,4)5)31-36(33(2)38)30-34-25-22-21-23-26-34/h21-23,25-26,35H,6-20,24,27-32H2,1-5H3/p+1. The molecular weight excluding hydrogens is 575 g/mol. The smallest absolute Gasteiger partial charge is 0.379 e.